The lowest BCUT2D eigenvalue weighted by Crippen LogP contribution is -2.62. The fourth-order valence-corrected chi connectivity index (χ4v) is 2.48. The second kappa shape index (κ2) is 6.53. The molecule has 1 saturated carbocycles. The molecule has 0 spiro atoms. The van der Waals surface area contributed by atoms with Crippen LogP contribution in [0.2, 0.25) is 0 Å². The van der Waals surface area contributed by atoms with Crippen molar-refractivity contribution in [2.75, 3.05) is 13.2 Å². The van der Waals surface area contributed by atoms with E-state index in [4.69, 9.17) is 10.5 Å². The Kier molecular flexibility index (Phi) is 5.60. The van der Waals surface area contributed by atoms with Gasteiger partial charge in [0.05, 0.1) is 6.10 Å². The summed E-state index contributed by atoms with van der Waals surface area (Å²) in [5.41, 5.74) is 5.50. The lowest BCUT2D eigenvalue weighted by Gasteiger charge is -2.51. The van der Waals surface area contributed by atoms with Gasteiger partial charge in [-0.25, -0.2) is 0 Å². The summed E-state index contributed by atoms with van der Waals surface area (Å²) >= 11 is 0. The zero-order valence-electron chi connectivity index (χ0n) is 12.2. The third kappa shape index (κ3) is 3.45. The molecule has 0 aromatic rings. The molecule has 1 aliphatic rings. The first kappa shape index (κ1) is 15.4. The van der Waals surface area contributed by atoms with Crippen molar-refractivity contribution >= 4 is 5.91 Å². The summed E-state index contributed by atoms with van der Waals surface area (Å²) in [7, 11) is 0. The molecule has 4 heteroatoms. The van der Waals surface area contributed by atoms with Crippen LogP contribution in [0.4, 0.5) is 0 Å². The molecular weight excluding hydrogens is 228 g/mol. The molecule has 3 unspecified atom stereocenters. The van der Waals surface area contributed by atoms with Gasteiger partial charge < -0.3 is 15.8 Å². The number of carbonyl (C=O) groups excluding carboxylic acids is 1. The highest BCUT2D eigenvalue weighted by molar-refractivity contribution is 5.78. The third-order valence-corrected chi connectivity index (χ3v) is 4.15. The van der Waals surface area contributed by atoms with Crippen LogP contribution in [0.1, 0.15) is 47.0 Å². The second-order valence-electron chi connectivity index (χ2n) is 5.89. The molecule has 0 aromatic carbocycles. The first-order chi connectivity index (χ1) is 8.43. The number of nitrogens with one attached hydrogen (secondary N) is 1. The quantitative estimate of drug-likeness (QED) is 0.728. The summed E-state index contributed by atoms with van der Waals surface area (Å²) in [5.74, 6) is 0.201. The molecule has 0 radical (unpaired) electrons. The van der Waals surface area contributed by atoms with Crippen LogP contribution in [0.3, 0.4) is 0 Å². The van der Waals surface area contributed by atoms with Crippen LogP contribution >= 0.6 is 0 Å². The number of hydrogen-bond donors (Lipinski definition) is 2. The number of hydrogen-bond acceptors (Lipinski definition) is 3. The lowest BCUT2D eigenvalue weighted by molar-refractivity contribution is -0.139. The van der Waals surface area contributed by atoms with Crippen molar-refractivity contribution in [2.45, 2.75) is 59.1 Å². The number of carbonyl (C=O) groups is 1. The van der Waals surface area contributed by atoms with E-state index in [1.165, 1.54) is 0 Å². The first-order valence-corrected chi connectivity index (χ1v) is 7.05. The molecular formula is C14H28N2O2. The standard InChI is InChI=1S/C14H28N2O2/c1-5-18-12-9-11(14(12,3)4)16-13(17)10(2)7-6-8-15/h10-12H,5-9,15H2,1-4H3,(H,16,17). The van der Waals surface area contributed by atoms with Gasteiger partial charge in [0, 0.05) is 24.0 Å². The molecule has 1 aliphatic carbocycles. The summed E-state index contributed by atoms with van der Waals surface area (Å²) < 4.78 is 5.66. The molecule has 3 N–H and O–H groups in total. The maximum absolute atomic E-state index is 12.0. The summed E-state index contributed by atoms with van der Waals surface area (Å²) in [6.45, 7) is 9.69. The zero-order valence-corrected chi connectivity index (χ0v) is 12.2. The molecule has 0 saturated heterocycles. The smallest absolute Gasteiger partial charge is 0.223 e. The van der Waals surface area contributed by atoms with Crippen molar-refractivity contribution in [1.29, 1.82) is 0 Å². The van der Waals surface area contributed by atoms with Crippen LogP contribution in [0.15, 0.2) is 0 Å². The minimum Gasteiger partial charge on any atom is -0.378 e. The van der Waals surface area contributed by atoms with Gasteiger partial charge >= 0.3 is 0 Å². The van der Waals surface area contributed by atoms with E-state index in [0.717, 1.165) is 25.9 Å². The number of rotatable bonds is 7. The number of ether oxygens (including phenoxy) is 1. The molecule has 18 heavy (non-hydrogen) atoms. The third-order valence-electron chi connectivity index (χ3n) is 4.15. The van der Waals surface area contributed by atoms with Crippen LogP contribution in [-0.4, -0.2) is 31.2 Å². The van der Waals surface area contributed by atoms with Gasteiger partial charge in [0.2, 0.25) is 5.91 Å². The Hall–Kier alpha value is -0.610. The molecule has 0 aliphatic heterocycles. The van der Waals surface area contributed by atoms with Gasteiger partial charge in [0.1, 0.15) is 0 Å². The Morgan fingerprint density at radius 2 is 2.22 bits per heavy atom. The summed E-state index contributed by atoms with van der Waals surface area (Å²) in [6.07, 6.45) is 2.97. The van der Waals surface area contributed by atoms with Crippen LogP contribution < -0.4 is 11.1 Å². The maximum atomic E-state index is 12.0. The highest BCUT2D eigenvalue weighted by atomic mass is 16.5. The Morgan fingerprint density at radius 1 is 1.56 bits per heavy atom. The topological polar surface area (TPSA) is 64.3 Å². The highest BCUT2D eigenvalue weighted by Crippen LogP contribution is 2.42. The Balaban J connectivity index is 2.38. The van der Waals surface area contributed by atoms with Crippen molar-refractivity contribution in [3.05, 3.63) is 0 Å². The molecule has 1 rings (SSSR count). The summed E-state index contributed by atoms with van der Waals surface area (Å²) in [6, 6.07) is 0.238. The Morgan fingerprint density at radius 3 is 2.72 bits per heavy atom. The average molecular weight is 256 g/mol. The largest absolute Gasteiger partial charge is 0.378 e. The van der Waals surface area contributed by atoms with E-state index < -0.39 is 0 Å². The maximum Gasteiger partial charge on any atom is 0.223 e. The normalized spacial score (nSPS) is 27.4. The molecule has 1 fully saturated rings. The van der Waals surface area contributed by atoms with E-state index >= 15 is 0 Å². The van der Waals surface area contributed by atoms with Gasteiger partial charge in [0.15, 0.2) is 0 Å². The van der Waals surface area contributed by atoms with Crippen molar-refractivity contribution in [3.63, 3.8) is 0 Å². The predicted octanol–water partition coefficient (Wildman–Crippen LogP) is 1.68. The molecule has 0 heterocycles. The fraction of sp³-hybridized carbons (Fsp3) is 0.929. The van der Waals surface area contributed by atoms with Crippen molar-refractivity contribution in [2.24, 2.45) is 17.1 Å². The van der Waals surface area contributed by atoms with Crippen LogP contribution in [0.5, 0.6) is 0 Å². The number of nitrogens with two attached hydrogens (primary N) is 1. The van der Waals surface area contributed by atoms with Crippen LogP contribution in [0, 0.1) is 11.3 Å². The lowest BCUT2D eigenvalue weighted by atomic mass is 9.64. The zero-order chi connectivity index (χ0) is 13.8. The van der Waals surface area contributed by atoms with Gasteiger partial charge in [-0.2, -0.15) is 0 Å². The second-order valence-corrected chi connectivity index (χ2v) is 5.89. The molecule has 4 nitrogen and oxygen atoms in total. The highest BCUT2D eigenvalue weighted by Gasteiger charge is 2.49. The molecule has 1 amide bonds. The number of amides is 1. The monoisotopic (exact) mass is 256 g/mol. The average Bonchev–Trinajstić information content (AvgIpc) is 2.34. The van der Waals surface area contributed by atoms with Crippen molar-refractivity contribution in [1.82, 2.24) is 5.32 Å². The van der Waals surface area contributed by atoms with E-state index in [-0.39, 0.29) is 29.4 Å². The molecule has 3 atom stereocenters. The van der Waals surface area contributed by atoms with Gasteiger partial charge in [-0.1, -0.05) is 20.8 Å². The van der Waals surface area contributed by atoms with Crippen molar-refractivity contribution < 1.29 is 9.53 Å². The van der Waals surface area contributed by atoms with E-state index in [1.807, 2.05) is 13.8 Å². The van der Waals surface area contributed by atoms with Gasteiger partial charge in [-0.3, -0.25) is 4.79 Å². The van der Waals surface area contributed by atoms with Gasteiger partial charge in [0.25, 0.3) is 0 Å². The Bertz CT molecular complexity index is 279. The van der Waals surface area contributed by atoms with E-state index in [9.17, 15) is 4.79 Å². The van der Waals surface area contributed by atoms with Crippen molar-refractivity contribution in [3.8, 4) is 0 Å². The summed E-state index contributed by atoms with van der Waals surface area (Å²) in [4.78, 5) is 12.0. The fourth-order valence-electron chi connectivity index (χ4n) is 2.48. The van der Waals surface area contributed by atoms with E-state index in [0.29, 0.717) is 6.54 Å². The summed E-state index contributed by atoms with van der Waals surface area (Å²) in [5, 5.41) is 3.14. The first-order valence-electron chi connectivity index (χ1n) is 7.05. The minimum atomic E-state index is 0.0409. The van der Waals surface area contributed by atoms with Crippen LogP contribution in [0.25, 0.3) is 0 Å². The van der Waals surface area contributed by atoms with Crippen LogP contribution in [-0.2, 0) is 9.53 Å². The van der Waals surface area contributed by atoms with Gasteiger partial charge in [-0.05, 0) is 32.7 Å². The SMILES string of the molecule is CCOC1CC(NC(=O)C(C)CCCN)C1(C)C. The molecule has 0 bridgehead atoms. The minimum absolute atomic E-state index is 0.0409. The Labute approximate surface area is 111 Å². The van der Waals surface area contributed by atoms with E-state index in [2.05, 4.69) is 19.2 Å². The molecule has 0 aromatic heterocycles. The van der Waals surface area contributed by atoms with E-state index in [1.54, 1.807) is 0 Å². The van der Waals surface area contributed by atoms with Gasteiger partial charge in [-0.15, -0.1) is 0 Å². The predicted molar refractivity (Wildman–Crippen MR) is 73.2 cm³/mol. The molecule has 106 valence electrons.